The van der Waals surface area contributed by atoms with E-state index in [4.69, 9.17) is 12.8 Å². The van der Waals surface area contributed by atoms with Gasteiger partial charge in [-0.2, -0.15) is 0 Å². The largest absolute Gasteiger partial charge is 2.00 e. The number of hydrogen-bond donors (Lipinski definition) is 0. The van der Waals surface area contributed by atoms with Gasteiger partial charge in [-0.05, 0) is 132 Å². The molecule has 0 aliphatic carbocycles. The predicted molar refractivity (Wildman–Crippen MR) is 437 cm³/mol. The van der Waals surface area contributed by atoms with Crippen molar-refractivity contribution >= 4 is 90.3 Å². The van der Waals surface area contributed by atoms with Gasteiger partial charge >= 0.3 is 19.5 Å². The maximum Gasteiger partial charge on any atom is 2.00 e. The Bertz CT molecular complexity index is 3400. The molecule has 10 aromatic carbocycles. The molecule has 0 spiro atoms. The molecule has 0 radical (unpaired) electrons. The van der Waals surface area contributed by atoms with Crippen molar-refractivity contribution in [3.05, 3.63) is 326 Å². The zero-order valence-corrected chi connectivity index (χ0v) is 66.5. The first-order valence-corrected chi connectivity index (χ1v) is 44.7. The van der Waals surface area contributed by atoms with Gasteiger partial charge < -0.3 is 12.8 Å². The van der Waals surface area contributed by atoms with Crippen LogP contribution in [-0.4, -0.2) is 40.8 Å². The minimum atomic E-state index is -1.65. The van der Waals surface area contributed by atoms with Gasteiger partial charge in [0.05, 0.1) is 0 Å². The van der Waals surface area contributed by atoms with Gasteiger partial charge in [-0.1, -0.05) is 362 Å². The molecule has 10 aromatic rings. The van der Waals surface area contributed by atoms with E-state index in [0.717, 1.165) is 22.3 Å². The van der Waals surface area contributed by atoms with Gasteiger partial charge in [-0.3, -0.25) is 11.8 Å². The molecule has 0 saturated carbocycles. The van der Waals surface area contributed by atoms with Crippen LogP contribution < -0.4 is 42.4 Å². The molecule has 0 aliphatic heterocycles. The Morgan fingerprint density at radius 2 is 0.381 bits per heavy atom. The fourth-order valence-corrected chi connectivity index (χ4v) is 34.6. The van der Waals surface area contributed by atoms with Crippen LogP contribution in [0, 0.1) is 47.6 Å². The van der Waals surface area contributed by atoms with E-state index in [1.807, 2.05) is 48.5 Å². The third kappa shape index (κ3) is 23.2. The molecule has 0 fully saturated rings. The molecular formula is C90H98P4RuSi2. The third-order valence-corrected chi connectivity index (χ3v) is 41.6. The van der Waals surface area contributed by atoms with Gasteiger partial charge in [-0.25, -0.2) is 0 Å². The van der Waals surface area contributed by atoms with Crippen LogP contribution in [0.1, 0.15) is 105 Å². The van der Waals surface area contributed by atoms with E-state index in [2.05, 4.69) is 361 Å². The van der Waals surface area contributed by atoms with E-state index in [1.165, 1.54) is 67.1 Å². The molecule has 0 aliphatic rings. The van der Waals surface area contributed by atoms with Gasteiger partial charge in [0.15, 0.2) is 0 Å². The minimum absolute atomic E-state index is 0. The van der Waals surface area contributed by atoms with Crippen molar-refractivity contribution < 1.29 is 19.5 Å². The number of benzene rings is 10. The predicted octanol–water partition coefficient (Wildman–Crippen LogP) is 20.9. The maximum absolute atomic E-state index is 7.10. The molecular weight excluding hydrogens is 1360 g/mol. The molecule has 0 saturated heterocycles. The molecule has 0 N–H and O–H groups in total. The molecule has 0 amide bonds. The second kappa shape index (κ2) is 41.6. The van der Waals surface area contributed by atoms with Crippen molar-refractivity contribution in [2.75, 3.05) is 24.6 Å². The van der Waals surface area contributed by atoms with Crippen LogP contribution in [0.25, 0.3) is 0 Å². The summed E-state index contributed by atoms with van der Waals surface area (Å²) in [6.07, 6.45) is 19.0. The van der Waals surface area contributed by atoms with Crippen LogP contribution in [0.2, 0.25) is 33.2 Å². The average Bonchev–Trinajstić information content (AvgIpc) is 0.894. The molecule has 0 bridgehead atoms. The monoisotopic (exact) mass is 1460 g/mol. The SMILES string of the molecule is [C-]#Cc1ccc(C#C[Si](C(C)C)(C(C)C)C(C)C)cc1.[C-]#Cc1ccc(C#C[Si](C(C)C)(C(C)C)C(C)C)cc1.[Ru+2].c1ccc(P(CCP(c2ccccc2)c2ccccc2)c2ccccc2)cc1.c1ccc(P(CCP(c2ccccc2)c2ccccc2)c2ccccc2)cc1. The van der Waals surface area contributed by atoms with Crippen molar-refractivity contribution in [1.82, 2.24) is 0 Å². The second-order valence-corrected chi connectivity index (χ2v) is 46.5. The summed E-state index contributed by atoms with van der Waals surface area (Å²) in [5.74, 6) is 11.6. The van der Waals surface area contributed by atoms with E-state index in [1.54, 1.807) is 0 Å². The molecule has 0 unspecified atom stereocenters. The summed E-state index contributed by atoms with van der Waals surface area (Å²) in [6.45, 7) is 27.9. The summed E-state index contributed by atoms with van der Waals surface area (Å²) < 4.78 is 0. The Hall–Kier alpha value is -6.78. The molecule has 97 heavy (non-hydrogen) atoms. The normalized spacial score (nSPS) is 11.1. The van der Waals surface area contributed by atoms with Crippen molar-refractivity contribution in [2.24, 2.45) is 0 Å². The molecule has 0 heterocycles. The Balaban J connectivity index is 0.000000207. The smallest absolute Gasteiger partial charge is 0.366 e. The summed E-state index contributed by atoms with van der Waals surface area (Å²) in [5.41, 5.74) is 15.0. The Morgan fingerprint density at radius 1 is 0.237 bits per heavy atom. The van der Waals surface area contributed by atoms with Crippen LogP contribution >= 0.6 is 31.7 Å². The number of hydrogen-bond acceptors (Lipinski definition) is 0. The van der Waals surface area contributed by atoms with Crippen LogP contribution in [0.5, 0.6) is 0 Å². The summed E-state index contributed by atoms with van der Waals surface area (Å²) >= 11 is 0. The summed E-state index contributed by atoms with van der Waals surface area (Å²) in [7, 11) is -4.68. The van der Waals surface area contributed by atoms with E-state index >= 15 is 0 Å². The summed E-state index contributed by atoms with van der Waals surface area (Å²) in [6, 6.07) is 104. The van der Waals surface area contributed by atoms with Crippen LogP contribution in [0.15, 0.2) is 291 Å². The van der Waals surface area contributed by atoms with Gasteiger partial charge in [0.25, 0.3) is 0 Å². The maximum atomic E-state index is 7.10. The first-order chi connectivity index (χ1) is 46.5. The van der Waals surface area contributed by atoms with Crippen molar-refractivity contribution in [3.8, 4) is 34.8 Å². The molecule has 0 atom stereocenters. The second-order valence-electron chi connectivity index (χ2n) is 26.0. The summed E-state index contributed by atoms with van der Waals surface area (Å²) in [4.78, 5) is 0. The fraction of sp³-hybridized carbons (Fsp3) is 0.244. The van der Waals surface area contributed by atoms with Gasteiger partial charge in [0, 0.05) is 11.1 Å². The van der Waals surface area contributed by atoms with Crippen LogP contribution in [0.4, 0.5) is 0 Å². The van der Waals surface area contributed by atoms with E-state index in [9.17, 15) is 0 Å². The van der Waals surface area contributed by atoms with Crippen molar-refractivity contribution in [1.29, 1.82) is 0 Å². The van der Waals surface area contributed by atoms with Crippen molar-refractivity contribution in [2.45, 2.75) is 116 Å². The molecule has 0 nitrogen and oxygen atoms in total. The Labute approximate surface area is 607 Å². The van der Waals surface area contributed by atoms with E-state index < -0.39 is 16.1 Å². The first-order valence-electron chi connectivity index (χ1n) is 34.1. The molecule has 7 heteroatoms. The first kappa shape index (κ1) is 79.2. The van der Waals surface area contributed by atoms with E-state index in [0.29, 0.717) is 33.2 Å². The third-order valence-electron chi connectivity index (χ3n) is 18.3. The van der Waals surface area contributed by atoms with Crippen molar-refractivity contribution in [3.63, 3.8) is 0 Å². The Kier molecular flexibility index (Phi) is 34.0. The van der Waals surface area contributed by atoms with E-state index in [-0.39, 0.29) is 51.2 Å². The number of rotatable bonds is 20. The van der Waals surface area contributed by atoms with Crippen LogP contribution in [-0.2, 0) is 19.5 Å². The Morgan fingerprint density at radius 3 is 0.515 bits per heavy atom. The zero-order valence-electron chi connectivity index (χ0n) is 59.1. The van der Waals surface area contributed by atoms with Gasteiger partial charge in [0.2, 0.25) is 0 Å². The fourth-order valence-electron chi connectivity index (χ4n) is 13.4. The molecule has 494 valence electrons. The van der Waals surface area contributed by atoms with Gasteiger partial charge in [-0.15, -0.1) is 46.5 Å². The molecule has 10 rings (SSSR count). The average molecular weight is 1460 g/mol. The minimum Gasteiger partial charge on any atom is -0.366 e. The van der Waals surface area contributed by atoms with Crippen LogP contribution in [0.3, 0.4) is 0 Å². The zero-order chi connectivity index (χ0) is 68.7. The quantitative estimate of drug-likeness (QED) is 0.0309. The molecule has 0 aromatic heterocycles. The summed E-state index contributed by atoms with van der Waals surface area (Å²) in [5, 5.41) is 11.8. The standard InChI is InChI=1S/2C26H24P2.2C19H25Si.Ru/c2*1-5-13-23(14-6-1)27(24-15-7-2-8-16-24)21-22-28(25-17-9-3-10-18-25)26-19-11-4-12-20-26;2*1-8-18-9-11-19(12-10-18)13-14-20(15(2)3,16(4)5)17(6)7;/h2*1-20H,21-22H2;2*9-12,15-17H,2-7H3;/q;;2*-1;+2. The van der Waals surface area contributed by atoms with Gasteiger partial charge in [0.1, 0.15) is 16.1 Å². The topological polar surface area (TPSA) is 0 Å².